The van der Waals surface area contributed by atoms with E-state index in [-0.39, 0.29) is 18.1 Å². The monoisotopic (exact) mass is 343 g/mol. The van der Waals surface area contributed by atoms with E-state index < -0.39 is 0 Å². The highest BCUT2D eigenvalue weighted by molar-refractivity contribution is 5.74. The number of hydrogen-bond donors (Lipinski definition) is 2. The smallest absolute Gasteiger partial charge is 0.315 e. The minimum atomic E-state index is -0.194. The lowest BCUT2D eigenvalue weighted by Crippen LogP contribution is -2.45. The number of urea groups is 1. The number of hydrogen-bond acceptors (Lipinski definition) is 4. The van der Waals surface area contributed by atoms with Gasteiger partial charge < -0.3 is 15.4 Å². The van der Waals surface area contributed by atoms with Gasteiger partial charge in [0.25, 0.3) is 0 Å². The Morgan fingerprint density at radius 2 is 2.12 bits per heavy atom. The lowest BCUT2D eigenvalue weighted by Gasteiger charge is -2.19. The van der Waals surface area contributed by atoms with E-state index in [4.69, 9.17) is 4.74 Å². The number of benzene rings is 1. The molecule has 2 atom stereocenters. The molecule has 2 heterocycles. The molecule has 1 fully saturated rings. The highest BCUT2D eigenvalue weighted by atomic mass is 16.5. The van der Waals surface area contributed by atoms with Crippen molar-refractivity contribution >= 4 is 6.03 Å². The number of amides is 2. The molecule has 2 amide bonds. The molecule has 2 N–H and O–H groups in total. The van der Waals surface area contributed by atoms with Gasteiger partial charge in [0.2, 0.25) is 0 Å². The lowest BCUT2D eigenvalue weighted by atomic mass is 9.98. The first-order chi connectivity index (χ1) is 12.1. The van der Waals surface area contributed by atoms with Crippen LogP contribution in [0.15, 0.2) is 36.7 Å². The van der Waals surface area contributed by atoms with Crippen LogP contribution in [0.2, 0.25) is 0 Å². The summed E-state index contributed by atoms with van der Waals surface area (Å²) in [5, 5.41) is 13.8. The van der Waals surface area contributed by atoms with Gasteiger partial charge in [0.15, 0.2) is 0 Å². The maximum absolute atomic E-state index is 12.3. The Kier molecular flexibility index (Phi) is 5.65. The minimum Gasteiger partial charge on any atom is -0.377 e. The van der Waals surface area contributed by atoms with Crippen LogP contribution in [-0.2, 0) is 17.7 Å². The van der Waals surface area contributed by atoms with E-state index in [9.17, 15) is 4.79 Å². The highest BCUT2D eigenvalue weighted by Gasteiger charge is 2.31. The van der Waals surface area contributed by atoms with Gasteiger partial charge in [0.05, 0.1) is 31.5 Å². The summed E-state index contributed by atoms with van der Waals surface area (Å²) in [7, 11) is 0. The first kappa shape index (κ1) is 17.4. The maximum atomic E-state index is 12.3. The van der Waals surface area contributed by atoms with Crippen molar-refractivity contribution in [1.29, 1.82) is 0 Å². The third kappa shape index (κ3) is 4.57. The molecule has 1 aliphatic rings. The minimum absolute atomic E-state index is 0.0264. The molecule has 134 valence electrons. The molecule has 1 saturated heterocycles. The molecule has 0 spiro atoms. The highest BCUT2D eigenvalue weighted by Crippen LogP contribution is 2.18. The SMILES string of the molecule is CC(C)Cc1ccccc1CNC(=O)N[C@H]1COC[C@H]1n1ccnn1. The molecule has 1 aromatic heterocycles. The van der Waals surface area contributed by atoms with E-state index in [0.29, 0.717) is 25.7 Å². The summed E-state index contributed by atoms with van der Waals surface area (Å²) >= 11 is 0. The van der Waals surface area contributed by atoms with Gasteiger partial charge in [0, 0.05) is 12.7 Å². The fourth-order valence-corrected chi connectivity index (χ4v) is 3.10. The second kappa shape index (κ2) is 8.11. The van der Waals surface area contributed by atoms with Crippen molar-refractivity contribution < 1.29 is 9.53 Å². The van der Waals surface area contributed by atoms with E-state index in [1.54, 1.807) is 17.1 Å². The molecule has 0 bridgehead atoms. The number of ether oxygens (including phenoxy) is 1. The summed E-state index contributed by atoms with van der Waals surface area (Å²) < 4.78 is 7.22. The number of carbonyl (C=O) groups is 1. The van der Waals surface area contributed by atoms with E-state index in [1.165, 1.54) is 5.56 Å². The van der Waals surface area contributed by atoms with Gasteiger partial charge in [-0.3, -0.25) is 0 Å². The number of nitrogens with one attached hydrogen (secondary N) is 2. The zero-order valence-corrected chi connectivity index (χ0v) is 14.7. The maximum Gasteiger partial charge on any atom is 0.315 e. The molecule has 1 aliphatic heterocycles. The Morgan fingerprint density at radius 3 is 2.84 bits per heavy atom. The number of nitrogens with zero attached hydrogens (tertiary/aromatic N) is 3. The Hall–Kier alpha value is -2.41. The van der Waals surface area contributed by atoms with Gasteiger partial charge in [-0.05, 0) is 23.5 Å². The molecule has 25 heavy (non-hydrogen) atoms. The topological polar surface area (TPSA) is 81.1 Å². The normalized spacial score (nSPS) is 20.0. The van der Waals surface area contributed by atoms with Crippen molar-refractivity contribution in [2.45, 2.75) is 38.9 Å². The van der Waals surface area contributed by atoms with E-state index in [1.807, 2.05) is 12.1 Å². The number of rotatable bonds is 6. The van der Waals surface area contributed by atoms with Crippen molar-refractivity contribution in [1.82, 2.24) is 25.6 Å². The second-order valence-corrected chi connectivity index (χ2v) is 6.79. The standard InChI is InChI=1S/C18H25N5O2/c1-13(2)9-14-5-3-4-6-15(14)10-19-18(24)21-16-11-25-12-17(16)23-8-7-20-22-23/h3-8,13,16-17H,9-12H2,1-2H3,(H2,19,21,24)/t16-,17+/m0/s1. The third-order valence-corrected chi connectivity index (χ3v) is 4.33. The summed E-state index contributed by atoms with van der Waals surface area (Å²) in [5.41, 5.74) is 2.43. The molecule has 0 unspecified atom stereocenters. The van der Waals surface area contributed by atoms with E-state index in [0.717, 1.165) is 12.0 Å². The molecule has 0 saturated carbocycles. The Bertz CT molecular complexity index is 687. The Labute approximate surface area is 147 Å². The predicted molar refractivity (Wildman–Crippen MR) is 94.0 cm³/mol. The zero-order chi connectivity index (χ0) is 17.6. The van der Waals surface area contributed by atoms with Crippen molar-refractivity contribution in [3.05, 3.63) is 47.8 Å². The second-order valence-electron chi connectivity index (χ2n) is 6.79. The largest absolute Gasteiger partial charge is 0.377 e. The molecule has 1 aromatic carbocycles. The summed E-state index contributed by atoms with van der Waals surface area (Å²) in [6, 6.07) is 7.90. The van der Waals surface area contributed by atoms with Crippen LogP contribution in [0.25, 0.3) is 0 Å². The van der Waals surface area contributed by atoms with E-state index in [2.05, 4.69) is 46.9 Å². The van der Waals surface area contributed by atoms with Gasteiger partial charge in [0.1, 0.15) is 0 Å². The Morgan fingerprint density at radius 1 is 1.32 bits per heavy atom. The zero-order valence-electron chi connectivity index (χ0n) is 14.7. The summed E-state index contributed by atoms with van der Waals surface area (Å²) in [5.74, 6) is 0.578. The van der Waals surface area contributed by atoms with Crippen LogP contribution in [0.1, 0.15) is 31.0 Å². The van der Waals surface area contributed by atoms with Crippen molar-refractivity contribution in [3.63, 3.8) is 0 Å². The van der Waals surface area contributed by atoms with Crippen LogP contribution in [-0.4, -0.2) is 40.3 Å². The quantitative estimate of drug-likeness (QED) is 0.840. The first-order valence-electron chi connectivity index (χ1n) is 8.68. The van der Waals surface area contributed by atoms with Gasteiger partial charge in [-0.1, -0.05) is 43.3 Å². The average Bonchev–Trinajstić information content (AvgIpc) is 3.24. The molecule has 0 radical (unpaired) electrons. The van der Waals surface area contributed by atoms with Gasteiger partial charge in [-0.15, -0.1) is 5.10 Å². The van der Waals surface area contributed by atoms with Crippen LogP contribution in [0, 0.1) is 5.92 Å². The number of carbonyl (C=O) groups excluding carboxylic acids is 1. The summed E-state index contributed by atoms with van der Waals surface area (Å²) in [6.45, 7) is 5.90. The molecular formula is C18H25N5O2. The van der Waals surface area contributed by atoms with Crippen LogP contribution in [0.4, 0.5) is 4.79 Å². The van der Waals surface area contributed by atoms with Crippen LogP contribution < -0.4 is 10.6 Å². The molecule has 0 aliphatic carbocycles. The predicted octanol–water partition coefficient (Wildman–Crippen LogP) is 1.92. The van der Waals surface area contributed by atoms with Crippen LogP contribution in [0.3, 0.4) is 0 Å². The fourth-order valence-electron chi connectivity index (χ4n) is 3.10. The summed E-state index contributed by atoms with van der Waals surface area (Å²) in [4.78, 5) is 12.3. The van der Waals surface area contributed by atoms with Crippen LogP contribution in [0.5, 0.6) is 0 Å². The molecule has 7 nitrogen and oxygen atoms in total. The first-order valence-corrected chi connectivity index (χ1v) is 8.68. The molecule has 2 aromatic rings. The van der Waals surface area contributed by atoms with Gasteiger partial charge in [-0.25, -0.2) is 9.48 Å². The van der Waals surface area contributed by atoms with E-state index >= 15 is 0 Å². The van der Waals surface area contributed by atoms with Crippen molar-refractivity contribution in [3.8, 4) is 0 Å². The molecule has 3 rings (SSSR count). The third-order valence-electron chi connectivity index (χ3n) is 4.33. The summed E-state index contributed by atoms with van der Waals surface area (Å²) in [6.07, 6.45) is 4.42. The van der Waals surface area contributed by atoms with Crippen molar-refractivity contribution in [2.24, 2.45) is 5.92 Å². The number of aromatic nitrogens is 3. The average molecular weight is 343 g/mol. The van der Waals surface area contributed by atoms with Crippen LogP contribution >= 0.6 is 0 Å². The molecule has 7 heteroatoms. The van der Waals surface area contributed by atoms with Gasteiger partial charge in [-0.2, -0.15) is 0 Å². The lowest BCUT2D eigenvalue weighted by molar-refractivity contribution is 0.181. The molecular weight excluding hydrogens is 318 g/mol. The van der Waals surface area contributed by atoms with Crippen molar-refractivity contribution in [2.75, 3.05) is 13.2 Å². The fraction of sp³-hybridized carbons (Fsp3) is 0.500. The van der Waals surface area contributed by atoms with Gasteiger partial charge >= 0.3 is 6.03 Å². The Balaban J connectivity index is 1.55.